The smallest absolute Gasteiger partial charge is 0.221 e. The van der Waals surface area contributed by atoms with Gasteiger partial charge in [-0.2, -0.15) is 0 Å². The van der Waals surface area contributed by atoms with Crippen LogP contribution in [0.1, 0.15) is 20.8 Å². The van der Waals surface area contributed by atoms with E-state index in [0.29, 0.717) is 6.61 Å². The third-order valence-corrected chi connectivity index (χ3v) is 2.09. The van der Waals surface area contributed by atoms with Crippen molar-refractivity contribution >= 4 is 17.3 Å². The van der Waals surface area contributed by atoms with Gasteiger partial charge >= 0.3 is 0 Å². The number of hydrogen-bond acceptors (Lipinski definition) is 3. The summed E-state index contributed by atoms with van der Waals surface area (Å²) < 4.78 is 5.42. The summed E-state index contributed by atoms with van der Waals surface area (Å²) in [5.41, 5.74) is 1.83. The Morgan fingerprint density at radius 1 is 1.24 bits per heavy atom. The average molecular weight is 236 g/mol. The van der Waals surface area contributed by atoms with Gasteiger partial charge < -0.3 is 15.4 Å². The van der Waals surface area contributed by atoms with Gasteiger partial charge in [0.1, 0.15) is 0 Å². The van der Waals surface area contributed by atoms with E-state index >= 15 is 0 Å². The summed E-state index contributed by atoms with van der Waals surface area (Å²) in [5.74, 6) is -0.0592. The first-order chi connectivity index (χ1) is 8.08. The Kier molecular flexibility index (Phi) is 5.49. The molecule has 4 heteroatoms. The van der Waals surface area contributed by atoms with Crippen LogP contribution in [0.15, 0.2) is 24.3 Å². The highest BCUT2D eigenvalue weighted by Crippen LogP contribution is 2.13. The lowest BCUT2D eigenvalue weighted by atomic mass is 10.3. The van der Waals surface area contributed by atoms with E-state index in [9.17, 15) is 4.79 Å². The predicted octanol–water partition coefficient (Wildman–Crippen LogP) is 2.48. The molecule has 0 bridgehead atoms. The fraction of sp³-hybridized carbons (Fsp3) is 0.462. The third-order valence-electron chi connectivity index (χ3n) is 2.09. The Morgan fingerprint density at radius 3 is 2.35 bits per heavy atom. The highest BCUT2D eigenvalue weighted by Gasteiger charge is 1.96. The molecule has 1 rings (SSSR count). The number of anilines is 2. The highest BCUT2D eigenvalue weighted by molar-refractivity contribution is 5.88. The molecule has 0 aromatic heterocycles. The molecule has 0 spiro atoms. The number of hydrogen-bond donors (Lipinski definition) is 2. The molecular formula is C13H20N2O2. The minimum absolute atomic E-state index is 0.0592. The van der Waals surface area contributed by atoms with Gasteiger partial charge in [-0.3, -0.25) is 4.79 Å². The van der Waals surface area contributed by atoms with Gasteiger partial charge in [-0.15, -0.1) is 0 Å². The molecule has 0 aliphatic heterocycles. The van der Waals surface area contributed by atoms with Crippen LogP contribution in [0, 0.1) is 0 Å². The maximum absolute atomic E-state index is 10.8. The number of carbonyl (C=O) groups is 1. The topological polar surface area (TPSA) is 50.4 Å². The summed E-state index contributed by atoms with van der Waals surface area (Å²) >= 11 is 0. The lowest BCUT2D eigenvalue weighted by molar-refractivity contribution is -0.114. The Labute approximate surface area is 102 Å². The van der Waals surface area contributed by atoms with Crippen LogP contribution in [0.3, 0.4) is 0 Å². The molecule has 0 saturated carbocycles. The second-order valence-corrected chi connectivity index (χ2v) is 4.10. The summed E-state index contributed by atoms with van der Waals surface area (Å²) in [6.45, 7) is 6.99. The maximum atomic E-state index is 10.8. The SMILES string of the molecule is CC(=O)Nc1ccc(NCCOC(C)C)cc1. The first-order valence-electron chi connectivity index (χ1n) is 5.81. The van der Waals surface area contributed by atoms with Gasteiger partial charge in [0.05, 0.1) is 12.7 Å². The van der Waals surface area contributed by atoms with Crippen molar-refractivity contribution in [2.45, 2.75) is 26.9 Å². The fourth-order valence-corrected chi connectivity index (χ4v) is 1.36. The first kappa shape index (κ1) is 13.5. The van der Waals surface area contributed by atoms with E-state index in [4.69, 9.17) is 4.74 Å². The summed E-state index contributed by atoms with van der Waals surface area (Å²) in [7, 11) is 0. The summed E-state index contributed by atoms with van der Waals surface area (Å²) in [6, 6.07) is 7.60. The molecule has 0 unspecified atom stereocenters. The predicted molar refractivity (Wildman–Crippen MR) is 70.3 cm³/mol. The van der Waals surface area contributed by atoms with Crippen LogP contribution < -0.4 is 10.6 Å². The van der Waals surface area contributed by atoms with Gasteiger partial charge in [0.2, 0.25) is 5.91 Å². The first-order valence-corrected chi connectivity index (χ1v) is 5.81. The van der Waals surface area contributed by atoms with E-state index < -0.39 is 0 Å². The molecule has 94 valence electrons. The lowest BCUT2D eigenvalue weighted by Crippen LogP contribution is -2.13. The summed E-state index contributed by atoms with van der Waals surface area (Å²) in [6.07, 6.45) is 0.263. The normalized spacial score (nSPS) is 10.4. The van der Waals surface area contributed by atoms with E-state index in [2.05, 4.69) is 10.6 Å². The van der Waals surface area contributed by atoms with Gasteiger partial charge in [-0.05, 0) is 38.1 Å². The van der Waals surface area contributed by atoms with Gasteiger partial charge in [0, 0.05) is 24.8 Å². The van der Waals surface area contributed by atoms with E-state index in [1.165, 1.54) is 6.92 Å². The number of amides is 1. The third kappa shape index (κ3) is 5.92. The zero-order valence-corrected chi connectivity index (χ0v) is 10.6. The number of carbonyl (C=O) groups excluding carboxylic acids is 1. The molecule has 1 amide bonds. The summed E-state index contributed by atoms with van der Waals surface area (Å²) in [4.78, 5) is 10.8. The van der Waals surface area contributed by atoms with Crippen molar-refractivity contribution in [1.82, 2.24) is 0 Å². The Balaban J connectivity index is 2.32. The van der Waals surface area contributed by atoms with Crippen molar-refractivity contribution in [1.29, 1.82) is 0 Å². The average Bonchev–Trinajstić information content (AvgIpc) is 2.25. The van der Waals surface area contributed by atoms with Crippen molar-refractivity contribution < 1.29 is 9.53 Å². The van der Waals surface area contributed by atoms with Gasteiger partial charge in [-0.25, -0.2) is 0 Å². The van der Waals surface area contributed by atoms with Crippen molar-refractivity contribution in [2.75, 3.05) is 23.8 Å². The molecular weight excluding hydrogens is 216 g/mol. The number of nitrogens with one attached hydrogen (secondary N) is 2. The van der Waals surface area contributed by atoms with E-state index in [0.717, 1.165) is 17.9 Å². The molecule has 0 atom stereocenters. The van der Waals surface area contributed by atoms with Crippen molar-refractivity contribution in [3.63, 3.8) is 0 Å². The molecule has 17 heavy (non-hydrogen) atoms. The standard InChI is InChI=1S/C13H20N2O2/c1-10(2)17-9-8-14-12-4-6-13(7-5-12)15-11(3)16/h4-7,10,14H,8-9H2,1-3H3,(H,15,16). The van der Waals surface area contributed by atoms with Crippen LogP contribution in [-0.4, -0.2) is 25.2 Å². The Hall–Kier alpha value is -1.55. The number of benzene rings is 1. The molecule has 1 aromatic carbocycles. The zero-order valence-electron chi connectivity index (χ0n) is 10.6. The molecule has 2 N–H and O–H groups in total. The van der Waals surface area contributed by atoms with Crippen molar-refractivity contribution in [2.24, 2.45) is 0 Å². The summed E-state index contributed by atoms with van der Waals surface area (Å²) in [5, 5.41) is 5.97. The Morgan fingerprint density at radius 2 is 1.82 bits per heavy atom. The molecule has 4 nitrogen and oxygen atoms in total. The fourth-order valence-electron chi connectivity index (χ4n) is 1.36. The van der Waals surface area contributed by atoms with Crippen LogP contribution in [-0.2, 0) is 9.53 Å². The molecule has 0 aliphatic carbocycles. The zero-order chi connectivity index (χ0) is 12.7. The van der Waals surface area contributed by atoms with Gasteiger partial charge in [0.25, 0.3) is 0 Å². The molecule has 0 radical (unpaired) electrons. The minimum Gasteiger partial charge on any atom is -0.383 e. The molecule has 1 aromatic rings. The molecule has 0 aliphatic rings. The monoisotopic (exact) mass is 236 g/mol. The van der Waals surface area contributed by atoms with Crippen molar-refractivity contribution in [3.8, 4) is 0 Å². The largest absolute Gasteiger partial charge is 0.383 e. The number of rotatable bonds is 6. The highest BCUT2D eigenvalue weighted by atomic mass is 16.5. The quantitative estimate of drug-likeness (QED) is 0.746. The van der Waals surface area contributed by atoms with Crippen molar-refractivity contribution in [3.05, 3.63) is 24.3 Å². The maximum Gasteiger partial charge on any atom is 0.221 e. The van der Waals surface area contributed by atoms with Crippen LogP contribution >= 0.6 is 0 Å². The van der Waals surface area contributed by atoms with E-state index in [1.54, 1.807) is 0 Å². The molecule has 0 saturated heterocycles. The second-order valence-electron chi connectivity index (χ2n) is 4.10. The van der Waals surface area contributed by atoms with Gasteiger partial charge in [-0.1, -0.05) is 0 Å². The minimum atomic E-state index is -0.0592. The second kappa shape index (κ2) is 6.91. The van der Waals surface area contributed by atoms with E-state index in [1.807, 2.05) is 38.1 Å². The van der Waals surface area contributed by atoms with Gasteiger partial charge in [0.15, 0.2) is 0 Å². The van der Waals surface area contributed by atoms with Crippen LogP contribution in [0.2, 0.25) is 0 Å². The molecule has 0 heterocycles. The van der Waals surface area contributed by atoms with E-state index in [-0.39, 0.29) is 12.0 Å². The molecule has 0 fully saturated rings. The van der Waals surface area contributed by atoms with Crippen LogP contribution in [0.25, 0.3) is 0 Å². The number of ether oxygens (including phenoxy) is 1. The van der Waals surface area contributed by atoms with Crippen LogP contribution in [0.5, 0.6) is 0 Å². The Bertz CT molecular complexity index is 347. The van der Waals surface area contributed by atoms with Crippen LogP contribution in [0.4, 0.5) is 11.4 Å². The lowest BCUT2D eigenvalue weighted by Gasteiger charge is -2.10.